The Balaban J connectivity index is 5.69. The first-order valence-electron chi connectivity index (χ1n) is 5.36. The third-order valence-electron chi connectivity index (χ3n) is 2.10. The summed E-state index contributed by atoms with van der Waals surface area (Å²) in [5, 5.41) is 8.95. The number of allylic oxidation sites excluding steroid dienone is 2. The van der Waals surface area contributed by atoms with Gasteiger partial charge in [-0.05, 0) is 27.7 Å². The third-order valence-corrected chi connectivity index (χ3v) is 2.10. The van der Waals surface area contributed by atoms with E-state index in [9.17, 15) is 9.59 Å². The van der Waals surface area contributed by atoms with Crippen LogP contribution in [0.15, 0.2) is 23.3 Å². The Morgan fingerprint density at radius 1 is 1.12 bits per heavy atom. The van der Waals surface area contributed by atoms with E-state index in [0.717, 1.165) is 11.1 Å². The molecular formula is C13H20O4. The minimum Gasteiger partial charge on any atom is -0.481 e. The lowest BCUT2D eigenvalue weighted by Gasteiger charge is -2.24. The fourth-order valence-electron chi connectivity index (χ4n) is 1.80. The summed E-state index contributed by atoms with van der Waals surface area (Å²) >= 11 is 0. The van der Waals surface area contributed by atoms with E-state index in [0.29, 0.717) is 0 Å². The van der Waals surface area contributed by atoms with Crippen LogP contribution in [0.25, 0.3) is 0 Å². The first-order valence-corrected chi connectivity index (χ1v) is 5.36. The molecule has 0 fully saturated rings. The molecule has 17 heavy (non-hydrogen) atoms. The number of methoxy groups -OCH3 is 1. The normalized spacial score (nSPS) is 10.4. The fraction of sp³-hybridized carbons (Fsp3) is 0.538. The predicted octanol–water partition coefficient (Wildman–Crippen LogP) is 2.55. The van der Waals surface area contributed by atoms with Crippen molar-refractivity contribution in [3.8, 4) is 0 Å². The van der Waals surface area contributed by atoms with Gasteiger partial charge in [0.15, 0.2) is 0 Å². The van der Waals surface area contributed by atoms with Gasteiger partial charge in [-0.2, -0.15) is 0 Å². The number of aliphatic carboxylic acids is 1. The zero-order chi connectivity index (χ0) is 13.6. The van der Waals surface area contributed by atoms with E-state index in [4.69, 9.17) is 9.84 Å². The lowest BCUT2D eigenvalue weighted by atomic mass is 9.81. The van der Waals surface area contributed by atoms with Crippen molar-refractivity contribution in [2.45, 2.75) is 34.1 Å². The lowest BCUT2D eigenvalue weighted by molar-refractivity contribution is -0.152. The Bertz CT molecular complexity index is 338. The van der Waals surface area contributed by atoms with Crippen LogP contribution in [0.4, 0.5) is 0 Å². The van der Waals surface area contributed by atoms with E-state index >= 15 is 0 Å². The monoisotopic (exact) mass is 240 g/mol. The van der Waals surface area contributed by atoms with Crippen LogP contribution in [0.5, 0.6) is 0 Å². The van der Waals surface area contributed by atoms with Crippen molar-refractivity contribution in [2.24, 2.45) is 5.41 Å². The SMILES string of the molecule is COC(=O)C(C=C(C)C)(C=C(C)C)CC(=O)O. The van der Waals surface area contributed by atoms with Crippen molar-refractivity contribution < 1.29 is 19.4 Å². The summed E-state index contributed by atoms with van der Waals surface area (Å²) in [6, 6.07) is 0. The van der Waals surface area contributed by atoms with Gasteiger partial charge in [-0.1, -0.05) is 23.3 Å². The van der Waals surface area contributed by atoms with E-state index in [1.807, 2.05) is 27.7 Å². The summed E-state index contributed by atoms with van der Waals surface area (Å²) in [5.41, 5.74) is 0.529. The van der Waals surface area contributed by atoms with Crippen LogP contribution in [0.1, 0.15) is 34.1 Å². The number of hydrogen-bond donors (Lipinski definition) is 1. The Labute approximate surface area is 102 Å². The first kappa shape index (κ1) is 15.4. The molecule has 0 heterocycles. The smallest absolute Gasteiger partial charge is 0.320 e. The summed E-state index contributed by atoms with van der Waals surface area (Å²) in [6.07, 6.45) is 2.97. The molecule has 0 aliphatic heterocycles. The maximum Gasteiger partial charge on any atom is 0.320 e. The molecule has 0 amide bonds. The van der Waals surface area contributed by atoms with Crippen LogP contribution in [0, 0.1) is 5.41 Å². The average molecular weight is 240 g/mol. The Morgan fingerprint density at radius 3 is 1.76 bits per heavy atom. The van der Waals surface area contributed by atoms with Gasteiger partial charge in [0.1, 0.15) is 5.41 Å². The zero-order valence-electron chi connectivity index (χ0n) is 11.0. The van der Waals surface area contributed by atoms with Crippen molar-refractivity contribution in [2.75, 3.05) is 7.11 Å². The molecule has 0 spiro atoms. The highest BCUT2D eigenvalue weighted by Gasteiger charge is 2.37. The second-order valence-corrected chi connectivity index (χ2v) is 4.55. The number of hydrogen-bond acceptors (Lipinski definition) is 3. The van der Waals surface area contributed by atoms with Crippen LogP contribution < -0.4 is 0 Å². The summed E-state index contributed by atoms with van der Waals surface area (Å²) in [6.45, 7) is 7.27. The highest BCUT2D eigenvalue weighted by atomic mass is 16.5. The van der Waals surface area contributed by atoms with Crippen molar-refractivity contribution >= 4 is 11.9 Å². The van der Waals surface area contributed by atoms with Crippen LogP contribution in [0.2, 0.25) is 0 Å². The van der Waals surface area contributed by atoms with E-state index in [-0.39, 0.29) is 6.42 Å². The molecule has 0 atom stereocenters. The van der Waals surface area contributed by atoms with E-state index in [1.54, 1.807) is 12.2 Å². The molecule has 0 aromatic carbocycles. The molecule has 0 rings (SSSR count). The van der Waals surface area contributed by atoms with Gasteiger partial charge in [0, 0.05) is 0 Å². The predicted molar refractivity (Wildman–Crippen MR) is 65.6 cm³/mol. The lowest BCUT2D eigenvalue weighted by Crippen LogP contribution is -2.31. The largest absolute Gasteiger partial charge is 0.481 e. The topological polar surface area (TPSA) is 63.6 Å². The molecule has 0 aliphatic rings. The molecule has 0 aromatic rings. The Kier molecular flexibility index (Phi) is 5.65. The summed E-state index contributed by atoms with van der Waals surface area (Å²) in [7, 11) is 1.26. The van der Waals surface area contributed by atoms with Crippen LogP contribution in [-0.4, -0.2) is 24.2 Å². The second-order valence-electron chi connectivity index (χ2n) is 4.55. The molecule has 0 saturated carbocycles. The molecule has 1 N–H and O–H groups in total. The number of carboxylic acid groups (broad SMARTS) is 1. The molecule has 96 valence electrons. The number of esters is 1. The Morgan fingerprint density at radius 2 is 1.53 bits per heavy atom. The van der Waals surface area contributed by atoms with Gasteiger partial charge in [-0.3, -0.25) is 9.59 Å². The Hall–Kier alpha value is -1.58. The van der Waals surface area contributed by atoms with E-state index in [2.05, 4.69) is 0 Å². The summed E-state index contributed by atoms with van der Waals surface area (Å²) in [5.74, 6) is -1.59. The maximum atomic E-state index is 11.9. The van der Waals surface area contributed by atoms with Gasteiger partial charge in [0.25, 0.3) is 0 Å². The molecule has 0 unspecified atom stereocenters. The molecule has 0 bridgehead atoms. The highest BCUT2D eigenvalue weighted by molar-refractivity contribution is 5.87. The second kappa shape index (κ2) is 6.23. The molecule has 0 aromatic heterocycles. The highest BCUT2D eigenvalue weighted by Crippen LogP contribution is 2.31. The van der Waals surface area contributed by atoms with Gasteiger partial charge in [0.2, 0.25) is 0 Å². The first-order chi connectivity index (χ1) is 7.73. The molecular weight excluding hydrogens is 220 g/mol. The minimum absolute atomic E-state index is 0.309. The number of rotatable bonds is 5. The number of carbonyl (C=O) groups is 2. The van der Waals surface area contributed by atoms with Crippen LogP contribution in [0.3, 0.4) is 0 Å². The quantitative estimate of drug-likeness (QED) is 0.592. The van der Waals surface area contributed by atoms with Gasteiger partial charge in [0.05, 0.1) is 13.5 Å². The average Bonchev–Trinajstić information content (AvgIpc) is 2.12. The molecule has 4 heteroatoms. The van der Waals surface area contributed by atoms with Gasteiger partial charge < -0.3 is 9.84 Å². The van der Waals surface area contributed by atoms with Crippen molar-refractivity contribution in [1.29, 1.82) is 0 Å². The molecule has 0 aliphatic carbocycles. The summed E-state index contributed by atoms with van der Waals surface area (Å²) in [4.78, 5) is 22.8. The van der Waals surface area contributed by atoms with Crippen molar-refractivity contribution in [3.63, 3.8) is 0 Å². The van der Waals surface area contributed by atoms with Crippen molar-refractivity contribution in [1.82, 2.24) is 0 Å². The number of carbonyl (C=O) groups excluding carboxylic acids is 1. The molecule has 0 radical (unpaired) electrons. The van der Waals surface area contributed by atoms with E-state index in [1.165, 1.54) is 7.11 Å². The van der Waals surface area contributed by atoms with Gasteiger partial charge >= 0.3 is 11.9 Å². The number of ether oxygens (including phenoxy) is 1. The maximum absolute atomic E-state index is 11.9. The summed E-state index contributed by atoms with van der Waals surface area (Å²) < 4.78 is 4.73. The van der Waals surface area contributed by atoms with Gasteiger partial charge in [-0.15, -0.1) is 0 Å². The standard InChI is InChI=1S/C13H20O4/c1-9(2)6-13(7-10(3)4,8-11(14)15)12(16)17-5/h6-7H,8H2,1-5H3,(H,14,15). The third kappa shape index (κ3) is 4.85. The van der Waals surface area contributed by atoms with Gasteiger partial charge in [-0.25, -0.2) is 0 Å². The fourth-order valence-corrected chi connectivity index (χ4v) is 1.80. The minimum atomic E-state index is -1.21. The zero-order valence-corrected chi connectivity index (χ0v) is 11.0. The van der Waals surface area contributed by atoms with Crippen molar-refractivity contribution in [3.05, 3.63) is 23.3 Å². The van der Waals surface area contributed by atoms with Crippen LogP contribution in [-0.2, 0) is 14.3 Å². The van der Waals surface area contributed by atoms with E-state index < -0.39 is 17.4 Å². The number of carboxylic acids is 1. The van der Waals surface area contributed by atoms with Crippen LogP contribution >= 0.6 is 0 Å². The molecule has 0 saturated heterocycles. The molecule has 4 nitrogen and oxygen atoms in total.